The molecule has 0 radical (unpaired) electrons. The number of carbonyl (C=O) groups excluding carboxylic acids is 1. The lowest BCUT2D eigenvalue weighted by Crippen LogP contribution is -2.06. The summed E-state index contributed by atoms with van der Waals surface area (Å²) in [6, 6.07) is 18.8. The third-order valence-corrected chi connectivity index (χ3v) is 2.87. The predicted octanol–water partition coefficient (Wildman–Crippen LogP) is 3.00. The predicted molar refractivity (Wildman–Crippen MR) is 65.5 cm³/mol. The maximum absolute atomic E-state index is 11.8. The molecule has 1 aliphatic heterocycles. The molecule has 0 aromatic heterocycles. The van der Waals surface area contributed by atoms with Crippen LogP contribution in [0.1, 0.15) is 23.5 Å². The molecule has 0 aliphatic carbocycles. The minimum Gasteiger partial charge on any atom is -0.429 e. The van der Waals surface area contributed by atoms with Crippen molar-refractivity contribution < 1.29 is 14.3 Å². The van der Waals surface area contributed by atoms with E-state index >= 15 is 0 Å². The topological polar surface area (TPSA) is 35.5 Å². The molecule has 3 rings (SSSR count). The van der Waals surface area contributed by atoms with Gasteiger partial charge in [-0.3, -0.25) is 0 Å². The second-order valence-electron chi connectivity index (χ2n) is 4.11. The molecule has 0 bridgehead atoms. The van der Waals surface area contributed by atoms with E-state index in [1.807, 2.05) is 60.7 Å². The van der Waals surface area contributed by atoms with Crippen molar-refractivity contribution in [2.75, 3.05) is 0 Å². The van der Waals surface area contributed by atoms with Gasteiger partial charge in [0, 0.05) is 5.56 Å². The van der Waals surface area contributed by atoms with Crippen molar-refractivity contribution in [3.63, 3.8) is 0 Å². The highest BCUT2D eigenvalue weighted by molar-refractivity contribution is 5.78. The maximum atomic E-state index is 11.8. The summed E-state index contributed by atoms with van der Waals surface area (Å²) in [6.45, 7) is 0. The smallest absolute Gasteiger partial charge is 0.342 e. The van der Waals surface area contributed by atoms with E-state index in [1.165, 1.54) is 0 Å². The van der Waals surface area contributed by atoms with Gasteiger partial charge in [0.05, 0.1) is 0 Å². The fraction of sp³-hybridized carbons (Fsp3) is 0.133. The van der Waals surface area contributed by atoms with Crippen molar-refractivity contribution >= 4 is 5.97 Å². The summed E-state index contributed by atoms with van der Waals surface area (Å²) in [5, 5.41) is 0. The molecule has 1 saturated heterocycles. The number of hydrogen-bond donors (Lipinski definition) is 0. The quantitative estimate of drug-likeness (QED) is 0.757. The molecular weight excluding hydrogens is 228 g/mol. The summed E-state index contributed by atoms with van der Waals surface area (Å²) < 4.78 is 10.9. The number of cyclic esters (lactones) is 1. The second-order valence-corrected chi connectivity index (χ2v) is 4.11. The van der Waals surface area contributed by atoms with Crippen molar-refractivity contribution in [2.24, 2.45) is 0 Å². The molecule has 1 aliphatic rings. The number of esters is 1. The first kappa shape index (κ1) is 11.0. The van der Waals surface area contributed by atoms with Crippen LogP contribution < -0.4 is 0 Å². The molecule has 1 heterocycles. The van der Waals surface area contributed by atoms with E-state index in [4.69, 9.17) is 9.47 Å². The van der Waals surface area contributed by atoms with Gasteiger partial charge < -0.3 is 9.47 Å². The first-order valence-electron chi connectivity index (χ1n) is 5.80. The summed E-state index contributed by atoms with van der Waals surface area (Å²) >= 11 is 0. The van der Waals surface area contributed by atoms with Gasteiger partial charge >= 0.3 is 5.97 Å². The minimum atomic E-state index is -0.628. The molecule has 0 N–H and O–H groups in total. The lowest BCUT2D eigenvalue weighted by atomic mass is 10.1. The molecule has 2 aromatic carbocycles. The average molecular weight is 240 g/mol. The van der Waals surface area contributed by atoms with Crippen LogP contribution in [0, 0.1) is 0 Å². The van der Waals surface area contributed by atoms with Crippen LogP contribution in [-0.2, 0) is 14.3 Å². The molecule has 2 aromatic rings. The highest BCUT2D eigenvalue weighted by atomic mass is 16.8. The van der Waals surface area contributed by atoms with E-state index in [0.717, 1.165) is 11.1 Å². The fourth-order valence-corrected chi connectivity index (χ4v) is 1.97. The van der Waals surface area contributed by atoms with Crippen molar-refractivity contribution in [3.8, 4) is 0 Å². The van der Waals surface area contributed by atoms with E-state index in [9.17, 15) is 4.79 Å². The molecule has 1 fully saturated rings. The summed E-state index contributed by atoms with van der Waals surface area (Å²) in [4.78, 5) is 11.8. The van der Waals surface area contributed by atoms with Crippen LogP contribution >= 0.6 is 0 Å². The molecular formula is C15H12O3. The van der Waals surface area contributed by atoms with E-state index in [2.05, 4.69) is 0 Å². The van der Waals surface area contributed by atoms with Gasteiger partial charge in [0.25, 0.3) is 0 Å². The molecule has 3 nitrogen and oxygen atoms in total. The van der Waals surface area contributed by atoms with E-state index < -0.39 is 12.4 Å². The Morgan fingerprint density at radius 2 is 1.33 bits per heavy atom. The Morgan fingerprint density at radius 1 is 0.778 bits per heavy atom. The minimum absolute atomic E-state index is 0.338. The van der Waals surface area contributed by atoms with Gasteiger partial charge in [0.1, 0.15) is 0 Å². The van der Waals surface area contributed by atoms with Crippen LogP contribution in [0.2, 0.25) is 0 Å². The van der Waals surface area contributed by atoms with E-state index in [-0.39, 0.29) is 5.97 Å². The molecule has 18 heavy (non-hydrogen) atoms. The van der Waals surface area contributed by atoms with Crippen LogP contribution in [0.3, 0.4) is 0 Å². The summed E-state index contributed by atoms with van der Waals surface area (Å²) in [6.07, 6.45) is -1.24. The summed E-state index contributed by atoms with van der Waals surface area (Å²) in [5.74, 6) is -0.338. The molecule has 90 valence electrons. The zero-order chi connectivity index (χ0) is 12.4. The fourth-order valence-electron chi connectivity index (χ4n) is 1.97. The number of rotatable bonds is 2. The van der Waals surface area contributed by atoms with E-state index in [0.29, 0.717) is 0 Å². The molecule has 0 amide bonds. The Bertz CT molecular complexity index is 536. The van der Waals surface area contributed by atoms with Crippen LogP contribution in [0.25, 0.3) is 0 Å². The van der Waals surface area contributed by atoms with Gasteiger partial charge in [-0.2, -0.15) is 0 Å². The van der Waals surface area contributed by atoms with Crippen molar-refractivity contribution in [1.29, 1.82) is 0 Å². The van der Waals surface area contributed by atoms with Gasteiger partial charge in [0.15, 0.2) is 6.10 Å². The zero-order valence-corrected chi connectivity index (χ0v) is 9.65. The third kappa shape index (κ3) is 2.00. The summed E-state index contributed by atoms with van der Waals surface area (Å²) in [7, 11) is 0. The normalized spacial score (nSPS) is 22.8. The standard InChI is InChI=1S/C15H12O3/c16-14-13(11-7-3-1-4-8-11)17-15(18-14)12-9-5-2-6-10-12/h1-10,13,15H/t13-,15-/m1/s1. The molecule has 0 unspecified atom stereocenters. The lowest BCUT2D eigenvalue weighted by Gasteiger charge is -2.09. The van der Waals surface area contributed by atoms with Gasteiger partial charge in [-0.25, -0.2) is 4.79 Å². The van der Waals surface area contributed by atoms with Crippen molar-refractivity contribution in [3.05, 3.63) is 71.8 Å². The number of benzene rings is 2. The van der Waals surface area contributed by atoms with Gasteiger partial charge in [-0.15, -0.1) is 0 Å². The zero-order valence-electron chi connectivity index (χ0n) is 9.65. The first-order valence-corrected chi connectivity index (χ1v) is 5.80. The van der Waals surface area contributed by atoms with Gasteiger partial charge in [-0.05, 0) is 5.56 Å². The second kappa shape index (κ2) is 4.63. The number of hydrogen-bond acceptors (Lipinski definition) is 3. The maximum Gasteiger partial charge on any atom is 0.342 e. The van der Waals surface area contributed by atoms with Crippen molar-refractivity contribution in [2.45, 2.75) is 12.4 Å². The monoisotopic (exact) mass is 240 g/mol. The van der Waals surface area contributed by atoms with Crippen molar-refractivity contribution in [1.82, 2.24) is 0 Å². The van der Waals surface area contributed by atoms with E-state index in [1.54, 1.807) is 0 Å². The van der Waals surface area contributed by atoms with Gasteiger partial charge in [0.2, 0.25) is 6.29 Å². The first-order chi connectivity index (χ1) is 8.84. The third-order valence-electron chi connectivity index (χ3n) is 2.87. The Labute approximate surface area is 105 Å². The Hall–Kier alpha value is -2.13. The molecule has 2 atom stereocenters. The Morgan fingerprint density at radius 3 is 1.94 bits per heavy atom. The van der Waals surface area contributed by atoms with Crippen LogP contribution in [0.15, 0.2) is 60.7 Å². The lowest BCUT2D eigenvalue weighted by molar-refractivity contribution is -0.144. The molecule has 3 heteroatoms. The molecule has 0 saturated carbocycles. The SMILES string of the molecule is O=C1O[C@H](c2ccccc2)O[C@@H]1c1ccccc1. The van der Waals surface area contributed by atoms with Crippen LogP contribution in [-0.4, -0.2) is 5.97 Å². The highest BCUT2D eigenvalue weighted by Crippen LogP contribution is 2.35. The van der Waals surface area contributed by atoms with Crippen LogP contribution in [0.4, 0.5) is 0 Å². The highest BCUT2D eigenvalue weighted by Gasteiger charge is 2.37. The largest absolute Gasteiger partial charge is 0.429 e. The Kier molecular flexibility index (Phi) is 2.82. The number of carbonyl (C=O) groups is 1. The molecule has 0 spiro atoms. The average Bonchev–Trinajstić information content (AvgIpc) is 2.83. The van der Waals surface area contributed by atoms with Gasteiger partial charge in [-0.1, -0.05) is 60.7 Å². The van der Waals surface area contributed by atoms with Crippen LogP contribution in [0.5, 0.6) is 0 Å². The summed E-state index contributed by atoms with van der Waals surface area (Å²) in [5.41, 5.74) is 1.67. The Balaban J connectivity index is 1.83. The number of ether oxygens (including phenoxy) is 2.